The first-order valence-corrected chi connectivity index (χ1v) is 9.07. The molecule has 3 rings (SSSR count). The first kappa shape index (κ1) is 18.9. The summed E-state index contributed by atoms with van der Waals surface area (Å²) in [6.45, 7) is 1.29. The van der Waals surface area contributed by atoms with Gasteiger partial charge in [0.2, 0.25) is 0 Å². The summed E-state index contributed by atoms with van der Waals surface area (Å²) in [5.74, 6) is 0.228. The first-order valence-electron chi connectivity index (χ1n) is 9.07. The molecule has 0 bridgehead atoms. The number of carbonyl (C=O) groups is 1. The maximum absolute atomic E-state index is 13.2. The van der Waals surface area contributed by atoms with Crippen LogP contribution < -0.4 is 15.8 Å². The maximum Gasteiger partial charge on any atom is 0.267 e. The molecule has 3 aromatic rings. The quantitative estimate of drug-likeness (QED) is 0.528. The Morgan fingerprint density at radius 3 is 2.59 bits per heavy atom. The maximum atomic E-state index is 13.2. The number of aromatic nitrogens is 1. The molecular weight excluding hydrogens is 345 g/mol. The molecule has 5 nitrogen and oxygen atoms in total. The molecule has 27 heavy (non-hydrogen) atoms. The summed E-state index contributed by atoms with van der Waals surface area (Å²) in [5.41, 5.74) is 8.51. The van der Waals surface area contributed by atoms with E-state index in [2.05, 4.69) is 10.3 Å². The molecule has 1 amide bonds. The Balaban J connectivity index is 1.83. The van der Waals surface area contributed by atoms with E-state index in [1.807, 2.05) is 12.1 Å². The number of rotatable bonds is 8. The van der Waals surface area contributed by atoms with Crippen molar-refractivity contribution in [3.63, 3.8) is 0 Å². The molecule has 6 heteroatoms. The minimum Gasteiger partial charge on any atom is -0.496 e. The topological polar surface area (TPSA) is 80.1 Å². The van der Waals surface area contributed by atoms with Gasteiger partial charge in [-0.1, -0.05) is 18.6 Å². The van der Waals surface area contributed by atoms with Crippen molar-refractivity contribution in [3.05, 3.63) is 54.0 Å². The van der Waals surface area contributed by atoms with Crippen molar-refractivity contribution in [2.75, 3.05) is 20.2 Å². The summed E-state index contributed by atoms with van der Waals surface area (Å²) in [4.78, 5) is 15.5. The molecule has 0 atom stereocenters. The number of aromatic amines is 1. The third-order valence-corrected chi connectivity index (χ3v) is 4.51. The molecule has 0 saturated heterocycles. The van der Waals surface area contributed by atoms with E-state index in [1.165, 1.54) is 12.1 Å². The second-order valence-corrected chi connectivity index (χ2v) is 6.43. The number of methoxy groups -OCH3 is 1. The molecule has 0 aliphatic heterocycles. The summed E-state index contributed by atoms with van der Waals surface area (Å²) in [5, 5.41) is 3.75. The Morgan fingerprint density at radius 1 is 1.11 bits per heavy atom. The van der Waals surface area contributed by atoms with E-state index in [0.717, 1.165) is 41.3 Å². The predicted molar refractivity (Wildman–Crippen MR) is 105 cm³/mol. The SMILES string of the molecule is COc1cc(-c2ccc(F)cc2)cc2[nH]c(C(=O)NCCCCCN)cc12. The van der Waals surface area contributed by atoms with Crippen LogP contribution in [-0.2, 0) is 0 Å². The molecule has 0 unspecified atom stereocenters. The third kappa shape index (κ3) is 4.46. The second-order valence-electron chi connectivity index (χ2n) is 6.43. The molecule has 0 fully saturated rings. The summed E-state index contributed by atoms with van der Waals surface area (Å²) in [6, 6.07) is 11.9. The number of carbonyl (C=O) groups excluding carboxylic acids is 1. The lowest BCUT2D eigenvalue weighted by Gasteiger charge is -2.07. The largest absolute Gasteiger partial charge is 0.496 e. The monoisotopic (exact) mass is 369 g/mol. The van der Waals surface area contributed by atoms with Crippen LogP contribution in [-0.4, -0.2) is 31.1 Å². The lowest BCUT2D eigenvalue weighted by Crippen LogP contribution is -2.24. The normalized spacial score (nSPS) is 10.9. The Labute approximate surface area is 157 Å². The number of H-pyrrole nitrogens is 1. The molecule has 0 saturated carbocycles. The number of halogens is 1. The van der Waals surface area contributed by atoms with Crippen molar-refractivity contribution in [2.45, 2.75) is 19.3 Å². The van der Waals surface area contributed by atoms with Crippen molar-refractivity contribution in [2.24, 2.45) is 5.73 Å². The molecule has 0 radical (unpaired) electrons. The number of unbranched alkanes of at least 4 members (excludes halogenated alkanes) is 2. The summed E-state index contributed by atoms with van der Waals surface area (Å²) in [7, 11) is 1.59. The fourth-order valence-electron chi connectivity index (χ4n) is 3.05. The molecule has 142 valence electrons. The van der Waals surface area contributed by atoms with E-state index in [-0.39, 0.29) is 11.7 Å². The Hall–Kier alpha value is -2.86. The van der Waals surface area contributed by atoms with Crippen LogP contribution >= 0.6 is 0 Å². The first-order chi connectivity index (χ1) is 13.1. The Morgan fingerprint density at radius 2 is 1.89 bits per heavy atom. The molecule has 1 aromatic heterocycles. The smallest absolute Gasteiger partial charge is 0.267 e. The van der Waals surface area contributed by atoms with Gasteiger partial charge in [0.05, 0.1) is 12.6 Å². The lowest BCUT2D eigenvalue weighted by molar-refractivity contribution is 0.0949. The van der Waals surface area contributed by atoms with Gasteiger partial charge in [-0.3, -0.25) is 4.79 Å². The fourth-order valence-corrected chi connectivity index (χ4v) is 3.05. The van der Waals surface area contributed by atoms with Gasteiger partial charge in [-0.15, -0.1) is 0 Å². The van der Waals surface area contributed by atoms with Gasteiger partial charge < -0.3 is 20.8 Å². The van der Waals surface area contributed by atoms with E-state index in [9.17, 15) is 9.18 Å². The molecule has 0 aliphatic rings. The minimum absolute atomic E-state index is 0.149. The zero-order valence-electron chi connectivity index (χ0n) is 15.3. The van der Waals surface area contributed by atoms with E-state index >= 15 is 0 Å². The highest BCUT2D eigenvalue weighted by Crippen LogP contribution is 2.33. The van der Waals surface area contributed by atoms with Crippen molar-refractivity contribution >= 4 is 16.8 Å². The average Bonchev–Trinajstić information content (AvgIpc) is 3.12. The highest BCUT2D eigenvalue weighted by Gasteiger charge is 2.14. The van der Waals surface area contributed by atoms with Crippen molar-refractivity contribution in [1.82, 2.24) is 10.3 Å². The van der Waals surface area contributed by atoms with Crippen molar-refractivity contribution in [1.29, 1.82) is 0 Å². The van der Waals surface area contributed by atoms with Crippen LogP contribution in [0.3, 0.4) is 0 Å². The average molecular weight is 369 g/mol. The molecule has 0 aliphatic carbocycles. The zero-order valence-corrected chi connectivity index (χ0v) is 15.3. The highest BCUT2D eigenvalue weighted by atomic mass is 19.1. The van der Waals surface area contributed by atoms with Gasteiger partial charge in [0.1, 0.15) is 17.3 Å². The molecule has 4 N–H and O–H groups in total. The number of hydrogen-bond donors (Lipinski definition) is 3. The summed E-state index contributed by atoms with van der Waals surface area (Å²) < 4.78 is 18.7. The standard InChI is InChI=1S/C21H24FN3O2/c1-27-20-12-15(14-5-7-16(22)8-6-14)11-18-17(20)13-19(25-18)21(26)24-10-4-2-3-9-23/h5-8,11-13,25H,2-4,9-10,23H2,1H3,(H,24,26). The number of nitrogens with two attached hydrogens (primary N) is 1. The van der Waals surface area contributed by atoms with Gasteiger partial charge >= 0.3 is 0 Å². The van der Waals surface area contributed by atoms with E-state index < -0.39 is 0 Å². The number of ether oxygens (including phenoxy) is 1. The fraction of sp³-hybridized carbons (Fsp3) is 0.286. The molecule has 0 spiro atoms. The zero-order chi connectivity index (χ0) is 19.2. The second kappa shape index (κ2) is 8.68. The third-order valence-electron chi connectivity index (χ3n) is 4.51. The number of fused-ring (bicyclic) bond motifs is 1. The Kier molecular flexibility index (Phi) is 6.08. The van der Waals surface area contributed by atoms with Crippen LogP contribution in [0.15, 0.2) is 42.5 Å². The lowest BCUT2D eigenvalue weighted by atomic mass is 10.0. The van der Waals surface area contributed by atoms with Crippen LogP contribution in [0.4, 0.5) is 4.39 Å². The highest BCUT2D eigenvalue weighted by molar-refractivity contribution is 6.01. The summed E-state index contributed by atoms with van der Waals surface area (Å²) >= 11 is 0. The van der Waals surface area contributed by atoms with Gasteiger partial charge in [-0.2, -0.15) is 0 Å². The Bertz CT molecular complexity index is 919. The van der Waals surface area contributed by atoms with Crippen LogP contribution in [0.1, 0.15) is 29.8 Å². The van der Waals surface area contributed by atoms with Crippen LogP contribution in [0.25, 0.3) is 22.0 Å². The number of nitrogens with one attached hydrogen (secondary N) is 2. The van der Waals surface area contributed by atoms with Crippen molar-refractivity contribution in [3.8, 4) is 16.9 Å². The summed E-state index contributed by atoms with van der Waals surface area (Å²) in [6.07, 6.45) is 2.87. The van der Waals surface area contributed by atoms with Crippen LogP contribution in [0, 0.1) is 5.82 Å². The van der Waals surface area contributed by atoms with Gasteiger partial charge in [0.15, 0.2) is 0 Å². The van der Waals surface area contributed by atoms with Crippen LogP contribution in [0.2, 0.25) is 0 Å². The number of benzene rings is 2. The van der Waals surface area contributed by atoms with Gasteiger partial charge in [-0.25, -0.2) is 4.39 Å². The number of amides is 1. The molecule has 2 aromatic carbocycles. The molecular formula is C21H24FN3O2. The van der Waals surface area contributed by atoms with E-state index in [4.69, 9.17) is 10.5 Å². The van der Waals surface area contributed by atoms with Crippen molar-refractivity contribution < 1.29 is 13.9 Å². The predicted octanol–water partition coefficient (Wildman–Crippen LogP) is 3.84. The molecule has 1 heterocycles. The van der Waals surface area contributed by atoms with Gasteiger partial charge in [0.25, 0.3) is 5.91 Å². The minimum atomic E-state index is -0.280. The van der Waals surface area contributed by atoms with Gasteiger partial charge in [-0.05, 0) is 60.8 Å². The number of hydrogen-bond acceptors (Lipinski definition) is 3. The van der Waals surface area contributed by atoms with Crippen LogP contribution in [0.5, 0.6) is 5.75 Å². The van der Waals surface area contributed by atoms with E-state index in [1.54, 1.807) is 25.3 Å². The van der Waals surface area contributed by atoms with Gasteiger partial charge in [0, 0.05) is 11.9 Å². The van der Waals surface area contributed by atoms with E-state index in [0.29, 0.717) is 24.5 Å².